The number of rotatable bonds is 6. The standard InChI is InChI=1S/C16H19F3N2O3/c1-2-11-3-5-12(6-4-11)24-9-14(22)20-13-7-8-21(15(13)23)10-16(17,18)19/h3-6,13H,2,7-10H2,1H3,(H,20,22)/t13-/m0/s1. The molecule has 0 aromatic heterocycles. The van der Waals surface area contributed by atoms with Crippen LogP contribution in [-0.4, -0.2) is 48.6 Å². The van der Waals surface area contributed by atoms with Crippen LogP contribution in [0.2, 0.25) is 0 Å². The second-order valence-electron chi connectivity index (χ2n) is 5.57. The molecule has 1 aromatic carbocycles. The zero-order chi connectivity index (χ0) is 17.7. The highest BCUT2D eigenvalue weighted by molar-refractivity contribution is 5.89. The Bertz CT molecular complexity index is 587. The summed E-state index contributed by atoms with van der Waals surface area (Å²) in [6.45, 7) is 0.402. The second-order valence-corrected chi connectivity index (χ2v) is 5.57. The number of carbonyl (C=O) groups is 2. The number of hydrogen-bond donors (Lipinski definition) is 1. The van der Waals surface area contributed by atoms with Gasteiger partial charge in [0.25, 0.3) is 5.91 Å². The Morgan fingerprint density at radius 2 is 2.00 bits per heavy atom. The Hall–Kier alpha value is -2.25. The van der Waals surface area contributed by atoms with Crippen molar-refractivity contribution >= 4 is 11.8 Å². The van der Waals surface area contributed by atoms with E-state index in [0.29, 0.717) is 10.6 Å². The van der Waals surface area contributed by atoms with Crippen molar-refractivity contribution in [3.8, 4) is 5.75 Å². The molecule has 8 heteroatoms. The second kappa shape index (κ2) is 7.55. The number of alkyl halides is 3. The number of likely N-dealkylation sites (tertiary alicyclic amines) is 1. The molecule has 0 bridgehead atoms. The molecule has 0 radical (unpaired) electrons. The molecular weight excluding hydrogens is 325 g/mol. The molecule has 132 valence electrons. The number of aryl methyl sites for hydroxylation is 1. The fourth-order valence-corrected chi connectivity index (χ4v) is 2.45. The monoisotopic (exact) mass is 344 g/mol. The van der Waals surface area contributed by atoms with Gasteiger partial charge in [0.2, 0.25) is 5.91 Å². The van der Waals surface area contributed by atoms with Crippen molar-refractivity contribution in [3.63, 3.8) is 0 Å². The van der Waals surface area contributed by atoms with Crippen LogP contribution in [0.4, 0.5) is 13.2 Å². The average molecular weight is 344 g/mol. The normalized spacial score (nSPS) is 17.9. The van der Waals surface area contributed by atoms with Gasteiger partial charge in [-0.25, -0.2) is 0 Å². The summed E-state index contributed by atoms with van der Waals surface area (Å²) in [6.07, 6.45) is -3.40. The molecule has 0 saturated carbocycles. The lowest BCUT2D eigenvalue weighted by Gasteiger charge is -2.18. The van der Waals surface area contributed by atoms with Crippen LogP contribution in [0.1, 0.15) is 18.9 Å². The van der Waals surface area contributed by atoms with Crippen molar-refractivity contribution in [2.75, 3.05) is 19.7 Å². The van der Waals surface area contributed by atoms with E-state index in [1.165, 1.54) is 0 Å². The summed E-state index contributed by atoms with van der Waals surface area (Å²) in [5.41, 5.74) is 1.13. The van der Waals surface area contributed by atoms with Crippen molar-refractivity contribution in [1.82, 2.24) is 10.2 Å². The minimum atomic E-state index is -4.44. The Morgan fingerprint density at radius 1 is 1.33 bits per heavy atom. The van der Waals surface area contributed by atoms with Gasteiger partial charge in [-0.1, -0.05) is 19.1 Å². The molecular formula is C16H19F3N2O3. The van der Waals surface area contributed by atoms with Crippen molar-refractivity contribution in [2.24, 2.45) is 0 Å². The molecule has 1 atom stereocenters. The number of hydrogen-bond acceptors (Lipinski definition) is 3. The van der Waals surface area contributed by atoms with Crippen molar-refractivity contribution in [3.05, 3.63) is 29.8 Å². The third-order valence-corrected chi connectivity index (χ3v) is 3.70. The number of halogens is 3. The van der Waals surface area contributed by atoms with Crippen molar-refractivity contribution in [2.45, 2.75) is 32.0 Å². The van der Waals surface area contributed by atoms with Crippen LogP contribution in [0.25, 0.3) is 0 Å². The van der Waals surface area contributed by atoms with E-state index in [1.807, 2.05) is 19.1 Å². The molecule has 1 aliphatic rings. The Labute approximate surface area is 137 Å². The molecule has 0 aliphatic carbocycles. The summed E-state index contributed by atoms with van der Waals surface area (Å²) < 4.78 is 42.3. The number of ether oxygens (including phenoxy) is 1. The lowest BCUT2D eigenvalue weighted by Crippen LogP contribution is -2.45. The molecule has 1 aromatic rings. The minimum Gasteiger partial charge on any atom is -0.484 e. The summed E-state index contributed by atoms with van der Waals surface area (Å²) in [4.78, 5) is 24.3. The van der Waals surface area contributed by atoms with E-state index in [0.717, 1.165) is 12.0 Å². The maximum atomic E-state index is 12.3. The zero-order valence-electron chi connectivity index (χ0n) is 13.2. The maximum absolute atomic E-state index is 12.3. The highest BCUT2D eigenvalue weighted by Gasteiger charge is 2.39. The summed E-state index contributed by atoms with van der Waals surface area (Å²) in [5, 5.41) is 2.41. The molecule has 5 nitrogen and oxygen atoms in total. The van der Waals surface area contributed by atoms with E-state index >= 15 is 0 Å². The molecule has 1 saturated heterocycles. The SMILES string of the molecule is CCc1ccc(OCC(=O)N[C@H]2CCN(CC(F)(F)F)C2=O)cc1. The molecule has 2 rings (SSSR count). The van der Waals surface area contributed by atoms with Crippen LogP contribution in [0.15, 0.2) is 24.3 Å². The molecule has 0 unspecified atom stereocenters. The highest BCUT2D eigenvalue weighted by Crippen LogP contribution is 2.21. The van der Waals surface area contributed by atoms with E-state index in [2.05, 4.69) is 5.32 Å². The summed E-state index contributed by atoms with van der Waals surface area (Å²) in [7, 11) is 0. The van der Waals surface area contributed by atoms with Gasteiger partial charge in [0.05, 0.1) is 0 Å². The Morgan fingerprint density at radius 3 is 2.58 bits per heavy atom. The summed E-state index contributed by atoms with van der Waals surface area (Å²) in [5.74, 6) is -0.742. The van der Waals surface area contributed by atoms with E-state index < -0.39 is 30.6 Å². The number of nitrogens with zero attached hydrogens (tertiary/aromatic N) is 1. The summed E-state index contributed by atoms with van der Waals surface area (Å²) in [6, 6.07) is 6.30. The number of carbonyl (C=O) groups excluding carboxylic acids is 2. The predicted molar refractivity (Wildman–Crippen MR) is 80.5 cm³/mol. The predicted octanol–water partition coefficient (Wildman–Crippen LogP) is 1.91. The number of amides is 2. The first-order chi connectivity index (χ1) is 11.3. The van der Waals surface area contributed by atoms with E-state index in [1.54, 1.807) is 12.1 Å². The Balaban J connectivity index is 1.79. The van der Waals surface area contributed by atoms with Crippen LogP contribution < -0.4 is 10.1 Å². The molecule has 1 fully saturated rings. The van der Waals surface area contributed by atoms with E-state index in [-0.39, 0.29) is 19.6 Å². The van der Waals surface area contributed by atoms with Crippen LogP contribution in [-0.2, 0) is 16.0 Å². The molecule has 1 aliphatic heterocycles. The van der Waals surface area contributed by atoms with Gasteiger partial charge in [0.1, 0.15) is 18.3 Å². The first kappa shape index (κ1) is 18.1. The molecule has 0 spiro atoms. The van der Waals surface area contributed by atoms with Gasteiger partial charge in [-0.2, -0.15) is 13.2 Å². The first-order valence-corrected chi connectivity index (χ1v) is 7.65. The quantitative estimate of drug-likeness (QED) is 0.858. The van der Waals surface area contributed by atoms with Gasteiger partial charge < -0.3 is 15.0 Å². The van der Waals surface area contributed by atoms with Crippen LogP contribution >= 0.6 is 0 Å². The van der Waals surface area contributed by atoms with Gasteiger partial charge in [-0.3, -0.25) is 9.59 Å². The van der Waals surface area contributed by atoms with Crippen LogP contribution in [0.3, 0.4) is 0 Å². The summed E-state index contributed by atoms with van der Waals surface area (Å²) >= 11 is 0. The van der Waals surface area contributed by atoms with Gasteiger partial charge in [0.15, 0.2) is 6.61 Å². The largest absolute Gasteiger partial charge is 0.484 e. The van der Waals surface area contributed by atoms with Crippen LogP contribution in [0.5, 0.6) is 5.75 Å². The molecule has 2 amide bonds. The van der Waals surface area contributed by atoms with E-state index in [4.69, 9.17) is 4.74 Å². The zero-order valence-corrected chi connectivity index (χ0v) is 13.2. The number of nitrogens with one attached hydrogen (secondary N) is 1. The minimum absolute atomic E-state index is 0.0252. The maximum Gasteiger partial charge on any atom is 0.406 e. The fourth-order valence-electron chi connectivity index (χ4n) is 2.45. The highest BCUT2D eigenvalue weighted by atomic mass is 19.4. The molecule has 24 heavy (non-hydrogen) atoms. The first-order valence-electron chi connectivity index (χ1n) is 7.65. The average Bonchev–Trinajstić information content (AvgIpc) is 2.85. The number of benzene rings is 1. The lowest BCUT2D eigenvalue weighted by molar-refractivity contribution is -0.158. The van der Waals surface area contributed by atoms with E-state index in [9.17, 15) is 22.8 Å². The van der Waals surface area contributed by atoms with Gasteiger partial charge in [0, 0.05) is 6.54 Å². The third-order valence-electron chi connectivity index (χ3n) is 3.70. The van der Waals surface area contributed by atoms with Gasteiger partial charge in [-0.15, -0.1) is 0 Å². The topological polar surface area (TPSA) is 58.6 Å². The van der Waals surface area contributed by atoms with Gasteiger partial charge >= 0.3 is 6.18 Å². The van der Waals surface area contributed by atoms with Crippen molar-refractivity contribution in [1.29, 1.82) is 0 Å². The Kier molecular flexibility index (Phi) is 5.69. The fraction of sp³-hybridized carbons (Fsp3) is 0.500. The third kappa shape index (κ3) is 5.14. The van der Waals surface area contributed by atoms with Crippen LogP contribution in [0, 0.1) is 0 Å². The van der Waals surface area contributed by atoms with Gasteiger partial charge in [-0.05, 0) is 30.5 Å². The lowest BCUT2D eigenvalue weighted by atomic mass is 10.2. The molecule has 1 N–H and O–H groups in total. The smallest absolute Gasteiger partial charge is 0.406 e. The van der Waals surface area contributed by atoms with Crippen molar-refractivity contribution < 1.29 is 27.5 Å². The molecule has 1 heterocycles.